The maximum Gasteiger partial charge on any atom is 0.134 e. The predicted octanol–water partition coefficient (Wildman–Crippen LogP) is 5.00. The van der Waals surface area contributed by atoms with E-state index >= 15 is 0 Å². The minimum Gasteiger partial charge on any atom is -0.378 e. The van der Waals surface area contributed by atoms with Gasteiger partial charge < -0.3 is 14.7 Å². The van der Waals surface area contributed by atoms with Gasteiger partial charge in [-0.3, -0.25) is 9.98 Å². The van der Waals surface area contributed by atoms with Crippen LogP contribution in [0.25, 0.3) is 0 Å². The van der Waals surface area contributed by atoms with Crippen LogP contribution in [0.4, 0.5) is 27.1 Å². The van der Waals surface area contributed by atoms with E-state index in [0.717, 1.165) is 72.2 Å². The van der Waals surface area contributed by atoms with E-state index in [1.54, 1.807) is 6.07 Å². The number of aliphatic imine (C=N–C) groups is 2. The molecule has 3 aromatic rings. The molecule has 3 heterocycles. The third kappa shape index (κ3) is 4.12. The summed E-state index contributed by atoms with van der Waals surface area (Å²) in [6.07, 6.45) is 1.47. The number of piperazine rings is 1. The van der Waals surface area contributed by atoms with Crippen LogP contribution >= 0.6 is 0 Å². The van der Waals surface area contributed by atoms with Crippen molar-refractivity contribution in [3.63, 3.8) is 0 Å². The molecule has 0 aromatic heterocycles. The van der Waals surface area contributed by atoms with Crippen LogP contribution in [0.3, 0.4) is 0 Å². The van der Waals surface area contributed by atoms with Gasteiger partial charge in [0.2, 0.25) is 0 Å². The van der Waals surface area contributed by atoms with Crippen molar-refractivity contribution in [3.05, 3.63) is 82.7 Å². The van der Waals surface area contributed by atoms with Gasteiger partial charge >= 0.3 is 0 Å². The molecule has 0 radical (unpaired) electrons. The quantitative estimate of drug-likeness (QED) is 0.542. The number of hydrogen-bond donors (Lipinski definition) is 0. The highest BCUT2D eigenvalue weighted by atomic mass is 19.1. The van der Waals surface area contributed by atoms with Crippen molar-refractivity contribution in [3.8, 4) is 0 Å². The monoisotopic (exact) mass is 467 g/mol. The van der Waals surface area contributed by atoms with Crippen LogP contribution in [0.5, 0.6) is 0 Å². The van der Waals surface area contributed by atoms with Gasteiger partial charge in [0, 0.05) is 70.1 Å². The van der Waals surface area contributed by atoms with E-state index in [1.165, 1.54) is 11.3 Å². The first-order chi connectivity index (χ1) is 16.9. The summed E-state index contributed by atoms with van der Waals surface area (Å²) >= 11 is 0. The second kappa shape index (κ2) is 8.61. The van der Waals surface area contributed by atoms with Crippen LogP contribution in [0.2, 0.25) is 0 Å². The predicted molar refractivity (Wildman–Crippen MR) is 143 cm³/mol. The normalized spacial score (nSPS) is 17.2. The summed E-state index contributed by atoms with van der Waals surface area (Å²) in [5.41, 5.74) is 10.1. The van der Waals surface area contributed by atoms with Gasteiger partial charge in [-0.05, 0) is 72.3 Å². The number of anilines is 2. The summed E-state index contributed by atoms with van der Waals surface area (Å²) in [5, 5.41) is 0. The number of halogens is 1. The molecule has 1 fully saturated rings. The topological polar surface area (TPSA) is 34.4 Å². The molecule has 0 saturated carbocycles. The first kappa shape index (κ1) is 22.0. The zero-order chi connectivity index (χ0) is 24.1. The van der Waals surface area contributed by atoms with Crippen LogP contribution in [0.1, 0.15) is 22.3 Å². The van der Waals surface area contributed by atoms with Gasteiger partial charge in [0.1, 0.15) is 5.82 Å². The number of likely N-dealkylation sites (N-methyl/N-ethyl adjacent to an activating group) is 1. The van der Waals surface area contributed by atoms with Crippen LogP contribution in [-0.2, 0) is 12.8 Å². The molecule has 0 amide bonds. The van der Waals surface area contributed by atoms with Gasteiger partial charge in [0.25, 0.3) is 0 Å². The lowest BCUT2D eigenvalue weighted by Crippen LogP contribution is -2.44. The fourth-order valence-electron chi connectivity index (χ4n) is 5.17. The summed E-state index contributed by atoms with van der Waals surface area (Å²) in [6, 6.07) is 18.4. The van der Waals surface area contributed by atoms with Gasteiger partial charge in [0.05, 0.1) is 22.8 Å². The molecule has 0 aliphatic carbocycles. The molecule has 3 aliphatic rings. The molecule has 178 valence electrons. The van der Waals surface area contributed by atoms with Gasteiger partial charge in [-0.15, -0.1) is 0 Å². The Bertz CT molecular complexity index is 1370. The van der Waals surface area contributed by atoms with E-state index < -0.39 is 0 Å². The zero-order valence-electron chi connectivity index (χ0n) is 20.6. The van der Waals surface area contributed by atoms with Crippen molar-refractivity contribution >= 4 is 34.2 Å². The Balaban J connectivity index is 1.19. The van der Waals surface area contributed by atoms with Crippen LogP contribution in [0.15, 0.2) is 64.6 Å². The fraction of sp³-hybridized carbons (Fsp3) is 0.310. The number of nitrogens with zero attached hydrogens (tertiary/aromatic N) is 5. The molecule has 0 bridgehead atoms. The SMILES string of the molecule is CN1CCN(c2ccc3c(c2)CC(c2ccc4c(c2)CC(c2ccc(N(C)C)cc2F)=N4)=N3)CC1. The summed E-state index contributed by atoms with van der Waals surface area (Å²) < 4.78 is 14.8. The minimum atomic E-state index is -0.227. The molecule has 0 atom stereocenters. The molecule has 3 aromatic carbocycles. The third-order valence-electron chi connectivity index (χ3n) is 7.35. The van der Waals surface area contributed by atoms with Crippen molar-refractivity contribution in [1.82, 2.24) is 4.90 Å². The molecule has 35 heavy (non-hydrogen) atoms. The summed E-state index contributed by atoms with van der Waals surface area (Å²) in [7, 11) is 6.01. The smallest absolute Gasteiger partial charge is 0.134 e. The Labute approximate surface area is 206 Å². The maximum atomic E-state index is 14.8. The Hall–Kier alpha value is -3.51. The average Bonchev–Trinajstić information content (AvgIpc) is 3.47. The highest BCUT2D eigenvalue weighted by Crippen LogP contribution is 2.35. The first-order valence-electron chi connectivity index (χ1n) is 12.3. The Morgan fingerprint density at radius 3 is 2.20 bits per heavy atom. The lowest BCUT2D eigenvalue weighted by Gasteiger charge is -2.34. The molecule has 0 N–H and O–H groups in total. The molecule has 3 aliphatic heterocycles. The van der Waals surface area contributed by atoms with Gasteiger partial charge in [-0.25, -0.2) is 4.39 Å². The Morgan fingerprint density at radius 1 is 0.771 bits per heavy atom. The summed E-state index contributed by atoms with van der Waals surface area (Å²) in [4.78, 5) is 16.4. The summed E-state index contributed by atoms with van der Waals surface area (Å²) in [6.45, 7) is 4.33. The molecule has 1 saturated heterocycles. The second-order valence-corrected chi connectivity index (χ2v) is 9.98. The van der Waals surface area contributed by atoms with Gasteiger partial charge in [-0.2, -0.15) is 0 Å². The van der Waals surface area contributed by atoms with E-state index in [9.17, 15) is 4.39 Å². The summed E-state index contributed by atoms with van der Waals surface area (Å²) in [5.74, 6) is -0.227. The van der Waals surface area contributed by atoms with Crippen LogP contribution < -0.4 is 9.80 Å². The standard InChI is InChI=1S/C29H30FN5/c1-33(2)22-5-7-24(25(30)18-22)29-17-20-14-19(4-8-26(20)32-29)28-16-21-15-23(6-9-27(21)31-28)35-12-10-34(3)11-13-35/h4-9,14-15,18H,10-13,16-17H2,1-3H3. The van der Waals surface area contributed by atoms with Crippen LogP contribution in [-0.4, -0.2) is 63.6 Å². The number of rotatable bonds is 4. The van der Waals surface area contributed by atoms with Crippen molar-refractivity contribution in [2.75, 3.05) is 57.1 Å². The third-order valence-corrected chi connectivity index (χ3v) is 7.35. The highest BCUT2D eigenvalue weighted by Gasteiger charge is 2.23. The lowest BCUT2D eigenvalue weighted by molar-refractivity contribution is 0.313. The van der Waals surface area contributed by atoms with Crippen molar-refractivity contribution in [1.29, 1.82) is 0 Å². The Morgan fingerprint density at radius 2 is 1.46 bits per heavy atom. The average molecular weight is 468 g/mol. The molecule has 6 heteroatoms. The highest BCUT2D eigenvalue weighted by molar-refractivity contribution is 6.10. The van der Waals surface area contributed by atoms with Crippen LogP contribution in [0, 0.1) is 5.82 Å². The fourth-order valence-corrected chi connectivity index (χ4v) is 5.17. The number of fused-ring (bicyclic) bond motifs is 2. The number of hydrogen-bond acceptors (Lipinski definition) is 5. The zero-order valence-corrected chi connectivity index (χ0v) is 20.6. The largest absolute Gasteiger partial charge is 0.378 e. The lowest BCUT2D eigenvalue weighted by atomic mass is 9.98. The number of benzene rings is 3. The van der Waals surface area contributed by atoms with E-state index in [-0.39, 0.29) is 5.82 Å². The van der Waals surface area contributed by atoms with Gasteiger partial charge in [0.15, 0.2) is 0 Å². The minimum absolute atomic E-state index is 0.227. The molecule has 0 spiro atoms. The van der Waals surface area contributed by atoms with E-state index in [4.69, 9.17) is 9.98 Å². The van der Waals surface area contributed by atoms with E-state index in [2.05, 4.69) is 47.2 Å². The molecule has 5 nitrogen and oxygen atoms in total. The molecular weight excluding hydrogens is 437 g/mol. The van der Waals surface area contributed by atoms with E-state index in [1.807, 2.05) is 37.2 Å². The maximum absolute atomic E-state index is 14.8. The van der Waals surface area contributed by atoms with Crippen molar-refractivity contribution in [2.45, 2.75) is 12.8 Å². The van der Waals surface area contributed by atoms with Crippen molar-refractivity contribution in [2.24, 2.45) is 9.98 Å². The van der Waals surface area contributed by atoms with Gasteiger partial charge in [-0.1, -0.05) is 6.07 Å². The first-order valence-corrected chi connectivity index (χ1v) is 12.3. The molecule has 6 rings (SSSR count). The molecule has 0 unspecified atom stereocenters. The Kier molecular flexibility index (Phi) is 5.41. The van der Waals surface area contributed by atoms with E-state index in [0.29, 0.717) is 12.0 Å². The molecular formula is C29H30FN5. The van der Waals surface area contributed by atoms with Crippen molar-refractivity contribution < 1.29 is 4.39 Å². The second-order valence-electron chi connectivity index (χ2n) is 9.98.